The highest BCUT2D eigenvalue weighted by Crippen LogP contribution is 2.23. The van der Waals surface area contributed by atoms with Gasteiger partial charge in [0.2, 0.25) is 0 Å². The van der Waals surface area contributed by atoms with Gasteiger partial charge in [-0.2, -0.15) is 0 Å². The molecule has 0 spiro atoms. The van der Waals surface area contributed by atoms with Crippen LogP contribution in [0.4, 0.5) is 0 Å². The van der Waals surface area contributed by atoms with Crippen LogP contribution in [0, 0.1) is 0 Å². The van der Waals surface area contributed by atoms with Gasteiger partial charge >= 0.3 is 5.97 Å². The molecule has 0 fully saturated rings. The SMILES string of the molecule is COc1cccc(C(=O)COC(=O)c2ccc(O)cc2O)c1. The summed E-state index contributed by atoms with van der Waals surface area (Å²) in [5, 5.41) is 18.7. The number of carbonyl (C=O) groups excluding carboxylic acids is 2. The maximum absolute atomic E-state index is 12.0. The van der Waals surface area contributed by atoms with Gasteiger partial charge in [-0.3, -0.25) is 4.79 Å². The number of esters is 1. The molecule has 2 aromatic rings. The van der Waals surface area contributed by atoms with Gasteiger partial charge in [0.1, 0.15) is 22.8 Å². The number of methoxy groups -OCH3 is 1. The van der Waals surface area contributed by atoms with Crippen LogP contribution in [0.2, 0.25) is 0 Å². The third-order valence-electron chi connectivity index (χ3n) is 2.93. The summed E-state index contributed by atoms with van der Waals surface area (Å²) in [5.41, 5.74) is 0.221. The summed E-state index contributed by atoms with van der Waals surface area (Å²) in [6.07, 6.45) is 0. The first-order valence-corrected chi connectivity index (χ1v) is 6.37. The molecule has 0 bridgehead atoms. The quantitative estimate of drug-likeness (QED) is 0.649. The zero-order valence-electron chi connectivity index (χ0n) is 11.8. The Kier molecular flexibility index (Phi) is 4.63. The van der Waals surface area contributed by atoms with Gasteiger partial charge in [-0.05, 0) is 24.3 Å². The average molecular weight is 302 g/mol. The number of phenolic OH excluding ortho intramolecular Hbond substituents is 2. The lowest BCUT2D eigenvalue weighted by Gasteiger charge is -2.07. The molecule has 0 aliphatic carbocycles. The predicted molar refractivity (Wildman–Crippen MR) is 77.4 cm³/mol. The molecular weight excluding hydrogens is 288 g/mol. The maximum Gasteiger partial charge on any atom is 0.342 e. The largest absolute Gasteiger partial charge is 0.508 e. The van der Waals surface area contributed by atoms with Crippen molar-refractivity contribution < 1.29 is 29.3 Å². The van der Waals surface area contributed by atoms with E-state index < -0.39 is 24.1 Å². The highest BCUT2D eigenvalue weighted by Gasteiger charge is 2.16. The van der Waals surface area contributed by atoms with Gasteiger partial charge in [0.05, 0.1) is 7.11 Å². The highest BCUT2D eigenvalue weighted by atomic mass is 16.5. The topological polar surface area (TPSA) is 93.1 Å². The van der Waals surface area contributed by atoms with E-state index in [1.807, 2.05) is 0 Å². The van der Waals surface area contributed by atoms with Crippen molar-refractivity contribution in [1.82, 2.24) is 0 Å². The maximum atomic E-state index is 12.0. The molecule has 6 heteroatoms. The molecule has 0 saturated carbocycles. The van der Waals surface area contributed by atoms with Crippen LogP contribution in [0.1, 0.15) is 20.7 Å². The molecule has 0 aliphatic heterocycles. The normalized spacial score (nSPS) is 10.0. The van der Waals surface area contributed by atoms with Gasteiger partial charge in [-0.25, -0.2) is 4.79 Å². The van der Waals surface area contributed by atoms with E-state index in [4.69, 9.17) is 14.6 Å². The third-order valence-corrected chi connectivity index (χ3v) is 2.93. The lowest BCUT2D eigenvalue weighted by atomic mass is 10.1. The molecule has 2 N–H and O–H groups in total. The third kappa shape index (κ3) is 3.54. The summed E-state index contributed by atoms with van der Waals surface area (Å²) in [5.74, 6) is -1.33. The first kappa shape index (κ1) is 15.4. The zero-order chi connectivity index (χ0) is 16.1. The van der Waals surface area contributed by atoms with Crippen LogP contribution in [-0.2, 0) is 4.74 Å². The Hall–Kier alpha value is -3.02. The molecule has 0 heterocycles. The number of ketones is 1. The minimum Gasteiger partial charge on any atom is -0.508 e. The van der Waals surface area contributed by atoms with Crippen LogP contribution in [0.25, 0.3) is 0 Å². The Morgan fingerprint density at radius 3 is 2.55 bits per heavy atom. The van der Waals surface area contributed by atoms with Crippen LogP contribution >= 0.6 is 0 Å². The highest BCUT2D eigenvalue weighted by molar-refractivity contribution is 6.00. The van der Waals surface area contributed by atoms with Crippen LogP contribution < -0.4 is 4.74 Å². The Morgan fingerprint density at radius 2 is 1.86 bits per heavy atom. The smallest absolute Gasteiger partial charge is 0.342 e. The van der Waals surface area contributed by atoms with E-state index in [9.17, 15) is 14.7 Å². The summed E-state index contributed by atoms with van der Waals surface area (Å²) < 4.78 is 9.88. The standard InChI is InChI=1S/C16H14O6/c1-21-12-4-2-3-10(7-12)15(19)9-22-16(20)13-6-5-11(17)8-14(13)18/h2-8,17-18H,9H2,1H3. The van der Waals surface area contributed by atoms with Crippen LogP contribution in [0.15, 0.2) is 42.5 Å². The second kappa shape index (κ2) is 6.62. The van der Waals surface area contributed by atoms with Gasteiger partial charge in [0, 0.05) is 11.6 Å². The molecule has 6 nitrogen and oxygen atoms in total. The van der Waals surface area contributed by atoms with Crippen LogP contribution in [0.3, 0.4) is 0 Å². The molecule has 0 atom stereocenters. The van der Waals surface area contributed by atoms with Crippen molar-refractivity contribution in [3.63, 3.8) is 0 Å². The Bertz CT molecular complexity index is 708. The van der Waals surface area contributed by atoms with Gasteiger partial charge in [-0.1, -0.05) is 12.1 Å². The van der Waals surface area contributed by atoms with Crippen molar-refractivity contribution in [3.05, 3.63) is 53.6 Å². The van der Waals surface area contributed by atoms with Gasteiger partial charge in [0.15, 0.2) is 12.4 Å². The fraction of sp³-hybridized carbons (Fsp3) is 0.125. The van der Waals surface area contributed by atoms with E-state index in [2.05, 4.69) is 0 Å². The average Bonchev–Trinajstić information content (AvgIpc) is 2.52. The van der Waals surface area contributed by atoms with E-state index in [1.54, 1.807) is 18.2 Å². The van der Waals surface area contributed by atoms with Crippen molar-refractivity contribution in [2.75, 3.05) is 13.7 Å². The van der Waals surface area contributed by atoms with Crippen LogP contribution in [-0.4, -0.2) is 35.7 Å². The summed E-state index contributed by atoms with van der Waals surface area (Å²) in [6.45, 7) is -0.466. The van der Waals surface area contributed by atoms with E-state index in [1.165, 1.54) is 25.3 Å². The Morgan fingerprint density at radius 1 is 1.09 bits per heavy atom. The Labute approximate surface area is 126 Å². The lowest BCUT2D eigenvalue weighted by molar-refractivity contribution is 0.0471. The minimum atomic E-state index is -0.853. The number of hydrogen-bond donors (Lipinski definition) is 2. The molecule has 0 saturated heterocycles. The fourth-order valence-electron chi connectivity index (χ4n) is 1.78. The molecule has 114 valence electrons. The summed E-state index contributed by atoms with van der Waals surface area (Å²) >= 11 is 0. The minimum absolute atomic E-state index is 0.128. The monoisotopic (exact) mass is 302 g/mol. The molecule has 22 heavy (non-hydrogen) atoms. The van der Waals surface area contributed by atoms with Crippen molar-refractivity contribution in [3.8, 4) is 17.2 Å². The number of benzene rings is 2. The van der Waals surface area contributed by atoms with Crippen molar-refractivity contribution >= 4 is 11.8 Å². The molecule has 0 aromatic heterocycles. The van der Waals surface area contributed by atoms with Gasteiger partial charge < -0.3 is 19.7 Å². The molecule has 2 aromatic carbocycles. The zero-order valence-corrected chi connectivity index (χ0v) is 11.8. The van der Waals surface area contributed by atoms with Gasteiger partial charge in [-0.15, -0.1) is 0 Å². The predicted octanol–water partition coefficient (Wildman–Crippen LogP) is 2.15. The summed E-state index contributed by atoms with van der Waals surface area (Å²) in [6, 6.07) is 9.92. The van der Waals surface area contributed by atoms with E-state index >= 15 is 0 Å². The molecule has 0 amide bonds. The molecule has 2 rings (SSSR count). The number of Topliss-reactive ketones (excluding diaryl/α,β-unsaturated/α-hetero) is 1. The van der Waals surface area contributed by atoms with E-state index in [0.29, 0.717) is 11.3 Å². The van der Waals surface area contributed by atoms with Crippen molar-refractivity contribution in [2.24, 2.45) is 0 Å². The Balaban J connectivity index is 2.02. The first-order chi connectivity index (χ1) is 10.5. The van der Waals surface area contributed by atoms with Crippen molar-refractivity contribution in [1.29, 1.82) is 0 Å². The first-order valence-electron chi connectivity index (χ1n) is 6.37. The molecule has 0 aliphatic rings. The van der Waals surface area contributed by atoms with Crippen molar-refractivity contribution in [2.45, 2.75) is 0 Å². The fourth-order valence-corrected chi connectivity index (χ4v) is 1.78. The summed E-state index contributed by atoms with van der Waals surface area (Å²) in [7, 11) is 1.48. The number of carbonyl (C=O) groups is 2. The van der Waals surface area contributed by atoms with E-state index in [-0.39, 0.29) is 11.3 Å². The van der Waals surface area contributed by atoms with E-state index in [0.717, 1.165) is 6.07 Å². The number of aromatic hydroxyl groups is 2. The molecule has 0 radical (unpaired) electrons. The number of hydrogen-bond acceptors (Lipinski definition) is 6. The second-order valence-electron chi connectivity index (χ2n) is 4.43. The molecule has 0 unspecified atom stereocenters. The summed E-state index contributed by atoms with van der Waals surface area (Å²) in [4.78, 5) is 23.7. The lowest BCUT2D eigenvalue weighted by Crippen LogP contribution is -2.14. The van der Waals surface area contributed by atoms with Crippen LogP contribution in [0.5, 0.6) is 17.2 Å². The number of rotatable bonds is 5. The number of ether oxygens (including phenoxy) is 2. The molecular formula is C16H14O6. The van der Waals surface area contributed by atoms with Gasteiger partial charge in [0.25, 0.3) is 0 Å². The number of phenols is 2. The second-order valence-corrected chi connectivity index (χ2v) is 4.43.